The number of benzene rings is 2. The molecule has 2 aromatic carbocycles. The molecule has 1 atom stereocenters. The van der Waals surface area contributed by atoms with E-state index in [1.165, 1.54) is 12.0 Å². The molecule has 0 saturated carbocycles. The second kappa shape index (κ2) is 8.51. The molecule has 5 rings (SSSR count). The lowest BCUT2D eigenvalue weighted by Crippen LogP contribution is -2.30. The molecule has 1 unspecified atom stereocenters. The Balaban J connectivity index is 1.61. The third-order valence-electron chi connectivity index (χ3n) is 5.93. The molecule has 3 heterocycles. The van der Waals surface area contributed by atoms with E-state index in [1.54, 1.807) is 42.7 Å². The van der Waals surface area contributed by atoms with Crippen LogP contribution in [0, 0.1) is 6.92 Å². The predicted octanol–water partition coefficient (Wildman–Crippen LogP) is 4.92. The molecule has 1 aliphatic rings. The van der Waals surface area contributed by atoms with Gasteiger partial charge < -0.3 is 19.2 Å². The molecule has 34 heavy (non-hydrogen) atoms. The van der Waals surface area contributed by atoms with Gasteiger partial charge in [-0.25, -0.2) is 0 Å². The smallest absolute Gasteiger partial charge is 0.290 e. The molecule has 0 bridgehead atoms. The van der Waals surface area contributed by atoms with Gasteiger partial charge in [-0.3, -0.25) is 14.6 Å². The first-order valence-electron chi connectivity index (χ1n) is 10.8. The van der Waals surface area contributed by atoms with Crippen molar-refractivity contribution >= 4 is 22.7 Å². The van der Waals surface area contributed by atoms with Crippen molar-refractivity contribution in [3.05, 3.63) is 107 Å². The Morgan fingerprint density at radius 1 is 1.15 bits per heavy atom. The van der Waals surface area contributed by atoms with Crippen molar-refractivity contribution in [1.29, 1.82) is 0 Å². The van der Waals surface area contributed by atoms with E-state index in [2.05, 4.69) is 4.98 Å². The first kappa shape index (κ1) is 21.5. The van der Waals surface area contributed by atoms with Gasteiger partial charge in [0.25, 0.3) is 5.91 Å². The third kappa shape index (κ3) is 3.61. The highest BCUT2D eigenvalue weighted by Crippen LogP contribution is 2.41. The number of aryl methyl sites for hydroxylation is 1. The Kier molecular flexibility index (Phi) is 5.37. The minimum Gasteiger partial charge on any atom is -0.503 e. The number of hydrogen-bond acceptors (Lipinski definition) is 6. The number of fused-ring (bicyclic) bond motifs is 1. The van der Waals surface area contributed by atoms with Gasteiger partial charge in [0.15, 0.2) is 22.9 Å². The zero-order chi connectivity index (χ0) is 23.8. The zero-order valence-corrected chi connectivity index (χ0v) is 18.7. The number of para-hydroxylation sites is 1. The van der Waals surface area contributed by atoms with E-state index in [1.807, 2.05) is 37.3 Å². The molecule has 0 fully saturated rings. The van der Waals surface area contributed by atoms with E-state index in [0.29, 0.717) is 16.7 Å². The predicted molar refractivity (Wildman–Crippen MR) is 125 cm³/mol. The summed E-state index contributed by atoms with van der Waals surface area (Å²) < 4.78 is 11.2. The second-order valence-corrected chi connectivity index (χ2v) is 8.19. The van der Waals surface area contributed by atoms with Crippen LogP contribution in [0.3, 0.4) is 0 Å². The van der Waals surface area contributed by atoms with Crippen LogP contribution in [0.4, 0.5) is 0 Å². The van der Waals surface area contributed by atoms with Crippen molar-refractivity contribution in [3.63, 3.8) is 0 Å². The fraction of sp³-hybridized carbons (Fsp3) is 0.148. The number of ether oxygens (including phenoxy) is 1. The number of ketones is 1. The Labute approximate surface area is 195 Å². The number of carbonyl (C=O) groups excluding carboxylic acids is 2. The molecule has 0 spiro atoms. The molecule has 0 saturated heterocycles. The van der Waals surface area contributed by atoms with Crippen LogP contribution in [0.1, 0.15) is 33.3 Å². The number of aromatic nitrogens is 1. The van der Waals surface area contributed by atoms with Crippen molar-refractivity contribution in [1.82, 2.24) is 9.88 Å². The summed E-state index contributed by atoms with van der Waals surface area (Å²) >= 11 is 0. The van der Waals surface area contributed by atoms with E-state index < -0.39 is 23.5 Å². The lowest BCUT2D eigenvalue weighted by atomic mass is 9.94. The van der Waals surface area contributed by atoms with Crippen LogP contribution < -0.4 is 4.74 Å². The van der Waals surface area contributed by atoms with Crippen molar-refractivity contribution in [2.24, 2.45) is 0 Å². The number of nitrogens with zero attached hydrogens (tertiary/aromatic N) is 2. The number of aliphatic hydroxyl groups is 1. The van der Waals surface area contributed by atoms with Crippen molar-refractivity contribution in [3.8, 4) is 5.75 Å². The highest BCUT2D eigenvalue weighted by molar-refractivity contribution is 6.16. The molecular weight excluding hydrogens is 432 g/mol. The van der Waals surface area contributed by atoms with E-state index in [-0.39, 0.29) is 17.9 Å². The van der Waals surface area contributed by atoms with Crippen LogP contribution in [-0.4, -0.2) is 33.8 Å². The topological polar surface area (TPSA) is 92.9 Å². The minimum atomic E-state index is -0.782. The van der Waals surface area contributed by atoms with Crippen molar-refractivity contribution in [2.75, 3.05) is 7.11 Å². The van der Waals surface area contributed by atoms with Gasteiger partial charge in [-0.2, -0.15) is 0 Å². The summed E-state index contributed by atoms with van der Waals surface area (Å²) in [5.41, 5.74) is 2.88. The molecule has 1 amide bonds. The van der Waals surface area contributed by atoms with Gasteiger partial charge in [-0.1, -0.05) is 48.0 Å². The summed E-state index contributed by atoms with van der Waals surface area (Å²) in [5, 5.41) is 11.6. The van der Waals surface area contributed by atoms with Gasteiger partial charge in [-0.15, -0.1) is 0 Å². The molecule has 7 heteroatoms. The van der Waals surface area contributed by atoms with Gasteiger partial charge in [-0.05, 0) is 36.2 Å². The number of furan rings is 1. The first-order chi connectivity index (χ1) is 16.5. The van der Waals surface area contributed by atoms with E-state index in [0.717, 1.165) is 16.7 Å². The number of methoxy groups -OCH3 is 1. The molecule has 2 aromatic heterocycles. The van der Waals surface area contributed by atoms with Crippen molar-refractivity contribution in [2.45, 2.75) is 19.5 Å². The summed E-state index contributed by atoms with van der Waals surface area (Å²) in [6.45, 7) is 2.11. The minimum absolute atomic E-state index is 0.0162. The third-order valence-corrected chi connectivity index (χ3v) is 5.93. The number of hydrogen-bond donors (Lipinski definition) is 1. The fourth-order valence-corrected chi connectivity index (χ4v) is 4.37. The van der Waals surface area contributed by atoms with Crippen molar-refractivity contribution < 1.29 is 23.8 Å². The maximum Gasteiger partial charge on any atom is 0.290 e. The summed E-state index contributed by atoms with van der Waals surface area (Å²) in [7, 11) is 1.52. The van der Waals surface area contributed by atoms with Gasteiger partial charge in [0, 0.05) is 24.3 Å². The number of carbonyl (C=O) groups is 2. The molecule has 0 aliphatic carbocycles. The molecular formula is C27H22N2O5. The Morgan fingerprint density at radius 2 is 1.97 bits per heavy atom. The SMILES string of the molecule is COc1cccc2cc(C(=O)C3=C(O)C(=O)N(Cc4cccnc4)C3c3cccc(C)c3)oc12. The maximum absolute atomic E-state index is 13.7. The lowest BCUT2D eigenvalue weighted by molar-refractivity contribution is -0.130. The highest BCUT2D eigenvalue weighted by Gasteiger charge is 2.44. The van der Waals surface area contributed by atoms with Crippen LogP contribution in [-0.2, 0) is 11.3 Å². The van der Waals surface area contributed by atoms with Crippen LogP contribution in [0.15, 0.2) is 88.8 Å². The number of pyridine rings is 1. The van der Waals surface area contributed by atoms with Crippen LogP contribution in [0.2, 0.25) is 0 Å². The van der Waals surface area contributed by atoms with E-state index >= 15 is 0 Å². The largest absolute Gasteiger partial charge is 0.503 e. The molecule has 0 radical (unpaired) electrons. The standard InChI is InChI=1S/C27H22N2O5/c1-16-6-3-8-18(12-16)23-22(25(31)27(32)29(23)15-17-7-5-11-28-14-17)24(30)21-13-19-9-4-10-20(33-2)26(19)34-21/h3-14,23,31H,15H2,1-2H3. The van der Waals surface area contributed by atoms with Gasteiger partial charge in [0.05, 0.1) is 18.7 Å². The maximum atomic E-state index is 13.7. The summed E-state index contributed by atoms with van der Waals surface area (Å²) in [6, 6.07) is 17.3. The molecule has 4 aromatic rings. The number of Topliss-reactive ketones (excluding diaryl/α,β-unsaturated/α-hetero) is 1. The molecule has 1 aliphatic heterocycles. The number of aliphatic hydroxyl groups excluding tert-OH is 1. The van der Waals surface area contributed by atoms with Crippen LogP contribution in [0.25, 0.3) is 11.0 Å². The number of amides is 1. The normalized spacial score (nSPS) is 15.9. The fourth-order valence-electron chi connectivity index (χ4n) is 4.37. The average Bonchev–Trinajstić information content (AvgIpc) is 3.39. The van der Waals surface area contributed by atoms with E-state index in [9.17, 15) is 14.7 Å². The van der Waals surface area contributed by atoms with Gasteiger partial charge in [0.1, 0.15) is 0 Å². The van der Waals surface area contributed by atoms with Crippen LogP contribution >= 0.6 is 0 Å². The van der Waals surface area contributed by atoms with Gasteiger partial charge >= 0.3 is 0 Å². The zero-order valence-electron chi connectivity index (χ0n) is 18.7. The monoisotopic (exact) mass is 454 g/mol. The van der Waals surface area contributed by atoms with Gasteiger partial charge in [0.2, 0.25) is 5.78 Å². The summed E-state index contributed by atoms with van der Waals surface area (Å²) in [6.07, 6.45) is 3.30. The summed E-state index contributed by atoms with van der Waals surface area (Å²) in [4.78, 5) is 32.5. The molecule has 170 valence electrons. The highest BCUT2D eigenvalue weighted by atomic mass is 16.5. The van der Waals surface area contributed by atoms with E-state index in [4.69, 9.17) is 9.15 Å². The van der Waals surface area contributed by atoms with Crippen LogP contribution in [0.5, 0.6) is 5.75 Å². The lowest BCUT2D eigenvalue weighted by Gasteiger charge is -2.27. The average molecular weight is 454 g/mol. The quantitative estimate of drug-likeness (QED) is 0.416. The Bertz CT molecular complexity index is 1440. The second-order valence-electron chi connectivity index (χ2n) is 8.19. The molecule has 7 nitrogen and oxygen atoms in total. The Morgan fingerprint density at radius 3 is 2.71 bits per heavy atom. The number of rotatable bonds is 6. The molecule has 1 N–H and O–H groups in total. The summed E-state index contributed by atoms with van der Waals surface area (Å²) in [5.74, 6) is -1.23. The first-order valence-corrected chi connectivity index (χ1v) is 10.8. The Hall–Kier alpha value is -4.39.